The summed E-state index contributed by atoms with van der Waals surface area (Å²) in [6.07, 6.45) is 2.34. The predicted molar refractivity (Wildman–Crippen MR) is 110 cm³/mol. The van der Waals surface area contributed by atoms with E-state index in [9.17, 15) is 9.59 Å². The second-order valence-corrected chi connectivity index (χ2v) is 8.01. The number of hydrogen-bond donors (Lipinski definition) is 0. The third kappa shape index (κ3) is 3.32. The molecule has 2 amide bonds. The van der Waals surface area contributed by atoms with Crippen LogP contribution in [0.15, 0.2) is 60.7 Å². The van der Waals surface area contributed by atoms with Crippen LogP contribution in [0.4, 0.5) is 0 Å². The summed E-state index contributed by atoms with van der Waals surface area (Å²) in [5.41, 5.74) is 2.33. The molecule has 2 saturated heterocycles. The van der Waals surface area contributed by atoms with Gasteiger partial charge in [-0.25, -0.2) is 0 Å². The lowest BCUT2D eigenvalue weighted by Gasteiger charge is -2.44. The molecule has 1 atom stereocenters. The lowest BCUT2D eigenvalue weighted by atomic mass is 9.69. The van der Waals surface area contributed by atoms with Crippen LogP contribution >= 0.6 is 0 Å². The van der Waals surface area contributed by atoms with Gasteiger partial charge in [-0.1, -0.05) is 60.7 Å². The second-order valence-electron chi connectivity index (χ2n) is 8.01. The van der Waals surface area contributed by atoms with Crippen molar-refractivity contribution in [2.45, 2.75) is 31.6 Å². The highest BCUT2D eigenvalue weighted by atomic mass is 16.2. The fraction of sp³-hybridized carbons (Fsp3) is 0.417. The minimum absolute atomic E-state index is 0.107. The molecule has 2 aromatic rings. The van der Waals surface area contributed by atoms with Gasteiger partial charge in [-0.05, 0) is 30.9 Å². The lowest BCUT2D eigenvalue weighted by molar-refractivity contribution is -0.137. The Hall–Kier alpha value is -2.62. The molecule has 2 aliphatic rings. The number of carbonyl (C=O) groups excluding carboxylic acids is 2. The summed E-state index contributed by atoms with van der Waals surface area (Å²) in [6, 6.07) is 21.1. The van der Waals surface area contributed by atoms with Crippen LogP contribution in [0.2, 0.25) is 0 Å². The molecule has 0 saturated carbocycles. The molecule has 0 aromatic heterocycles. The van der Waals surface area contributed by atoms with Crippen LogP contribution in [0.1, 0.15) is 37.3 Å². The fourth-order valence-corrected chi connectivity index (χ4v) is 4.90. The van der Waals surface area contributed by atoms with E-state index in [1.165, 1.54) is 11.1 Å². The summed E-state index contributed by atoms with van der Waals surface area (Å²) < 4.78 is 0. The highest BCUT2D eigenvalue weighted by molar-refractivity contribution is 5.89. The van der Waals surface area contributed by atoms with Gasteiger partial charge in [0, 0.05) is 38.0 Å². The normalized spacial score (nSPS) is 21.8. The number of likely N-dealkylation sites (tertiary alicyclic amines) is 2. The van der Waals surface area contributed by atoms with Crippen molar-refractivity contribution in [3.63, 3.8) is 0 Å². The molecule has 0 N–H and O–H groups in total. The lowest BCUT2D eigenvalue weighted by Crippen LogP contribution is -2.51. The first-order chi connectivity index (χ1) is 13.6. The third-order valence-corrected chi connectivity index (χ3v) is 6.40. The third-order valence-electron chi connectivity index (χ3n) is 6.40. The molecule has 4 nitrogen and oxygen atoms in total. The van der Waals surface area contributed by atoms with Crippen LogP contribution in [0, 0.1) is 5.92 Å². The first-order valence-corrected chi connectivity index (χ1v) is 10.3. The summed E-state index contributed by atoms with van der Waals surface area (Å²) in [6.45, 7) is 4.67. The van der Waals surface area contributed by atoms with Crippen molar-refractivity contribution in [3.05, 3.63) is 71.8 Å². The van der Waals surface area contributed by atoms with Gasteiger partial charge in [0.1, 0.15) is 0 Å². The molecule has 4 heteroatoms. The van der Waals surface area contributed by atoms with E-state index in [0.717, 1.165) is 19.4 Å². The number of piperidine rings is 1. The average molecular weight is 377 g/mol. The Kier molecular flexibility index (Phi) is 5.21. The number of benzene rings is 2. The van der Waals surface area contributed by atoms with Crippen LogP contribution in [0.3, 0.4) is 0 Å². The fourth-order valence-electron chi connectivity index (χ4n) is 4.90. The number of nitrogens with zero attached hydrogens (tertiary/aromatic N) is 2. The molecule has 0 unspecified atom stereocenters. The molecule has 28 heavy (non-hydrogen) atoms. The van der Waals surface area contributed by atoms with E-state index < -0.39 is 0 Å². The summed E-state index contributed by atoms with van der Waals surface area (Å²) in [7, 11) is 0. The van der Waals surface area contributed by atoms with Crippen LogP contribution in [0.5, 0.6) is 0 Å². The van der Waals surface area contributed by atoms with Crippen molar-refractivity contribution in [1.29, 1.82) is 0 Å². The Bertz CT molecular complexity index is 795. The summed E-state index contributed by atoms with van der Waals surface area (Å²) in [5.74, 6) is 0.0466. The zero-order valence-corrected chi connectivity index (χ0v) is 16.5. The number of carbonyl (C=O) groups is 2. The average Bonchev–Trinajstić information content (AvgIpc) is 3.15. The first-order valence-electron chi connectivity index (χ1n) is 10.3. The molecule has 2 aromatic carbocycles. The van der Waals surface area contributed by atoms with Crippen LogP contribution in [0.25, 0.3) is 0 Å². The largest absolute Gasteiger partial charge is 0.342 e. The predicted octanol–water partition coefficient (Wildman–Crippen LogP) is 3.46. The van der Waals surface area contributed by atoms with Gasteiger partial charge in [0.15, 0.2) is 0 Å². The van der Waals surface area contributed by atoms with Gasteiger partial charge in [0.05, 0.1) is 5.92 Å². The van der Waals surface area contributed by atoms with E-state index in [0.29, 0.717) is 26.1 Å². The van der Waals surface area contributed by atoms with Crippen molar-refractivity contribution in [1.82, 2.24) is 9.80 Å². The van der Waals surface area contributed by atoms with E-state index in [4.69, 9.17) is 0 Å². The van der Waals surface area contributed by atoms with Crippen molar-refractivity contribution in [2.75, 3.05) is 26.2 Å². The Balaban J connectivity index is 1.64. The minimum Gasteiger partial charge on any atom is -0.342 e. The summed E-state index contributed by atoms with van der Waals surface area (Å²) in [4.78, 5) is 29.2. The molecule has 0 bridgehead atoms. The van der Waals surface area contributed by atoms with Crippen molar-refractivity contribution < 1.29 is 9.59 Å². The van der Waals surface area contributed by atoms with Gasteiger partial charge in [-0.3, -0.25) is 9.59 Å². The standard InChI is InChI=1S/C24H28N2O2/c1-2-25-17-19(16-22(25)27)23(28)26-15-9-14-24(18-26,20-10-5-3-6-11-20)21-12-7-4-8-13-21/h3-8,10-13,19H,2,9,14-18H2,1H3/t19-/m1/s1. The number of rotatable bonds is 4. The van der Waals surface area contributed by atoms with Crippen molar-refractivity contribution in [3.8, 4) is 0 Å². The van der Waals surface area contributed by atoms with Crippen LogP contribution in [-0.2, 0) is 15.0 Å². The Morgan fingerprint density at radius 1 is 1.04 bits per heavy atom. The van der Waals surface area contributed by atoms with E-state index >= 15 is 0 Å². The van der Waals surface area contributed by atoms with E-state index in [-0.39, 0.29) is 23.1 Å². The van der Waals surface area contributed by atoms with Gasteiger partial charge < -0.3 is 9.80 Å². The maximum atomic E-state index is 13.3. The molecule has 2 fully saturated rings. The molecular weight excluding hydrogens is 348 g/mol. The quantitative estimate of drug-likeness (QED) is 0.820. The van der Waals surface area contributed by atoms with Gasteiger partial charge in [-0.2, -0.15) is 0 Å². The topological polar surface area (TPSA) is 40.6 Å². The molecule has 2 heterocycles. The Morgan fingerprint density at radius 3 is 2.18 bits per heavy atom. The SMILES string of the molecule is CCN1C[C@H](C(=O)N2CCCC(c3ccccc3)(c3ccccc3)C2)CC1=O. The van der Waals surface area contributed by atoms with Gasteiger partial charge in [0.2, 0.25) is 11.8 Å². The molecule has 0 spiro atoms. The zero-order chi connectivity index (χ0) is 19.6. The monoisotopic (exact) mass is 376 g/mol. The van der Waals surface area contributed by atoms with E-state index in [2.05, 4.69) is 48.5 Å². The molecule has 4 rings (SSSR count). The molecule has 0 radical (unpaired) electrons. The minimum atomic E-state index is -0.199. The van der Waals surface area contributed by atoms with Gasteiger partial charge >= 0.3 is 0 Å². The smallest absolute Gasteiger partial charge is 0.228 e. The van der Waals surface area contributed by atoms with Crippen LogP contribution in [-0.4, -0.2) is 47.8 Å². The molecular formula is C24H28N2O2. The second kappa shape index (κ2) is 7.78. The van der Waals surface area contributed by atoms with Crippen molar-refractivity contribution in [2.24, 2.45) is 5.92 Å². The maximum Gasteiger partial charge on any atom is 0.228 e. The van der Waals surface area contributed by atoms with Gasteiger partial charge in [0.25, 0.3) is 0 Å². The Labute approximate surface area is 167 Å². The number of hydrogen-bond acceptors (Lipinski definition) is 2. The first kappa shape index (κ1) is 18.7. The van der Waals surface area contributed by atoms with E-state index in [1.807, 2.05) is 24.0 Å². The summed E-state index contributed by atoms with van der Waals surface area (Å²) >= 11 is 0. The van der Waals surface area contributed by atoms with Crippen molar-refractivity contribution >= 4 is 11.8 Å². The molecule has 0 aliphatic carbocycles. The highest BCUT2D eigenvalue weighted by Gasteiger charge is 2.43. The number of amides is 2. The summed E-state index contributed by atoms with van der Waals surface area (Å²) in [5, 5.41) is 0. The molecule has 2 aliphatic heterocycles. The van der Waals surface area contributed by atoms with Gasteiger partial charge in [-0.15, -0.1) is 0 Å². The molecule has 146 valence electrons. The maximum absolute atomic E-state index is 13.3. The zero-order valence-electron chi connectivity index (χ0n) is 16.5. The van der Waals surface area contributed by atoms with Crippen LogP contribution < -0.4 is 0 Å². The highest BCUT2D eigenvalue weighted by Crippen LogP contribution is 2.41. The van der Waals surface area contributed by atoms with E-state index in [1.54, 1.807) is 4.90 Å². The Morgan fingerprint density at radius 2 is 1.64 bits per heavy atom.